The van der Waals surface area contributed by atoms with E-state index < -0.39 is 0 Å². The van der Waals surface area contributed by atoms with Gasteiger partial charge in [-0.3, -0.25) is 0 Å². The van der Waals surface area contributed by atoms with Gasteiger partial charge in [0.15, 0.2) is 5.96 Å². The standard InChI is InChI=1S/C12H18BrN3S/c13-11-9(6-7-17-11)8-15-12(14)16-10-4-2-1-3-5-10/h6-7,10H,1-5,8H2,(H3,14,15,16). The lowest BCUT2D eigenvalue weighted by Crippen LogP contribution is -2.41. The molecule has 0 unspecified atom stereocenters. The number of aliphatic imine (C=N–C) groups is 1. The first-order valence-corrected chi connectivity index (χ1v) is 7.71. The van der Waals surface area contributed by atoms with E-state index in [1.807, 2.05) is 0 Å². The average Bonchev–Trinajstić information content (AvgIpc) is 2.74. The third-order valence-corrected chi connectivity index (χ3v) is 4.88. The minimum Gasteiger partial charge on any atom is -0.370 e. The van der Waals surface area contributed by atoms with E-state index in [1.54, 1.807) is 11.3 Å². The summed E-state index contributed by atoms with van der Waals surface area (Å²) >= 11 is 5.18. The van der Waals surface area contributed by atoms with Gasteiger partial charge < -0.3 is 11.1 Å². The zero-order valence-corrected chi connectivity index (χ0v) is 12.2. The summed E-state index contributed by atoms with van der Waals surface area (Å²) < 4.78 is 1.15. The van der Waals surface area contributed by atoms with Gasteiger partial charge in [-0.2, -0.15) is 0 Å². The van der Waals surface area contributed by atoms with Gasteiger partial charge in [0.25, 0.3) is 0 Å². The Kier molecular flexibility index (Phi) is 4.86. The summed E-state index contributed by atoms with van der Waals surface area (Å²) in [6, 6.07) is 2.60. The van der Waals surface area contributed by atoms with Crippen LogP contribution in [0.4, 0.5) is 0 Å². The van der Waals surface area contributed by atoms with Gasteiger partial charge in [0.1, 0.15) is 0 Å². The van der Waals surface area contributed by atoms with Crippen molar-refractivity contribution in [2.75, 3.05) is 0 Å². The molecule has 3 nitrogen and oxygen atoms in total. The van der Waals surface area contributed by atoms with E-state index in [0.29, 0.717) is 18.5 Å². The number of hydrogen-bond acceptors (Lipinski definition) is 2. The van der Waals surface area contributed by atoms with E-state index >= 15 is 0 Å². The van der Waals surface area contributed by atoms with E-state index in [4.69, 9.17) is 5.73 Å². The second kappa shape index (κ2) is 6.40. The molecule has 0 aromatic carbocycles. The Morgan fingerprint density at radius 2 is 2.24 bits per heavy atom. The van der Waals surface area contributed by atoms with Crippen LogP contribution in [0.2, 0.25) is 0 Å². The van der Waals surface area contributed by atoms with Crippen molar-refractivity contribution in [2.24, 2.45) is 10.7 Å². The second-order valence-corrected chi connectivity index (χ2v) is 6.63. The van der Waals surface area contributed by atoms with E-state index in [2.05, 4.69) is 37.7 Å². The molecule has 0 radical (unpaired) electrons. The molecular weight excluding hydrogens is 298 g/mol. The topological polar surface area (TPSA) is 50.4 Å². The lowest BCUT2D eigenvalue weighted by Gasteiger charge is -2.23. The van der Waals surface area contributed by atoms with Crippen molar-refractivity contribution in [3.8, 4) is 0 Å². The fraction of sp³-hybridized carbons (Fsp3) is 0.583. The predicted molar refractivity (Wildman–Crippen MR) is 77.4 cm³/mol. The Bertz CT molecular complexity index is 383. The first kappa shape index (κ1) is 12.9. The van der Waals surface area contributed by atoms with Crippen LogP contribution in [0.3, 0.4) is 0 Å². The molecule has 1 heterocycles. The molecular formula is C12H18BrN3S. The molecule has 0 aliphatic heterocycles. The largest absolute Gasteiger partial charge is 0.370 e. The van der Waals surface area contributed by atoms with Crippen molar-refractivity contribution in [2.45, 2.75) is 44.7 Å². The lowest BCUT2D eigenvalue weighted by atomic mass is 9.96. The average molecular weight is 316 g/mol. The summed E-state index contributed by atoms with van der Waals surface area (Å²) in [4.78, 5) is 4.38. The Balaban J connectivity index is 1.82. The van der Waals surface area contributed by atoms with Crippen LogP contribution in [0.25, 0.3) is 0 Å². The van der Waals surface area contributed by atoms with Gasteiger partial charge in [0, 0.05) is 6.04 Å². The number of guanidine groups is 1. The first-order chi connectivity index (χ1) is 8.25. The van der Waals surface area contributed by atoms with Crippen molar-refractivity contribution in [1.82, 2.24) is 5.32 Å². The van der Waals surface area contributed by atoms with Crippen molar-refractivity contribution < 1.29 is 0 Å². The highest BCUT2D eigenvalue weighted by Gasteiger charge is 2.13. The summed E-state index contributed by atoms with van der Waals surface area (Å²) in [7, 11) is 0. The van der Waals surface area contributed by atoms with Crippen LogP contribution in [-0.4, -0.2) is 12.0 Å². The predicted octanol–water partition coefficient (Wildman–Crippen LogP) is 3.25. The van der Waals surface area contributed by atoms with Crippen molar-refractivity contribution in [1.29, 1.82) is 0 Å². The maximum absolute atomic E-state index is 5.90. The number of nitrogens with two attached hydrogens (primary N) is 1. The number of rotatable bonds is 3. The molecule has 1 aromatic heterocycles. The van der Waals surface area contributed by atoms with Crippen molar-refractivity contribution in [3.63, 3.8) is 0 Å². The Morgan fingerprint density at radius 3 is 2.88 bits per heavy atom. The van der Waals surface area contributed by atoms with E-state index in [-0.39, 0.29) is 0 Å². The van der Waals surface area contributed by atoms with Gasteiger partial charge in [-0.25, -0.2) is 4.99 Å². The highest BCUT2D eigenvalue weighted by molar-refractivity contribution is 9.11. The van der Waals surface area contributed by atoms with Crippen LogP contribution in [0.1, 0.15) is 37.7 Å². The molecule has 0 amide bonds. The molecule has 0 bridgehead atoms. The van der Waals surface area contributed by atoms with Crippen LogP contribution in [0.5, 0.6) is 0 Å². The summed E-state index contributed by atoms with van der Waals surface area (Å²) in [6.07, 6.45) is 6.41. The molecule has 0 saturated heterocycles. The minimum absolute atomic E-state index is 0.526. The quantitative estimate of drug-likeness (QED) is 0.664. The van der Waals surface area contributed by atoms with Gasteiger partial charge in [-0.05, 0) is 45.8 Å². The molecule has 17 heavy (non-hydrogen) atoms. The van der Waals surface area contributed by atoms with E-state index in [0.717, 1.165) is 3.79 Å². The minimum atomic E-state index is 0.526. The number of nitrogens with one attached hydrogen (secondary N) is 1. The Hall–Kier alpha value is -0.550. The number of hydrogen-bond donors (Lipinski definition) is 2. The SMILES string of the molecule is NC(=NCc1ccsc1Br)NC1CCCCC1. The highest BCUT2D eigenvalue weighted by Crippen LogP contribution is 2.23. The third-order valence-electron chi connectivity index (χ3n) is 3.07. The number of halogens is 1. The zero-order valence-electron chi connectivity index (χ0n) is 9.79. The summed E-state index contributed by atoms with van der Waals surface area (Å²) in [6.45, 7) is 0.648. The highest BCUT2D eigenvalue weighted by atomic mass is 79.9. The molecule has 94 valence electrons. The fourth-order valence-corrected chi connectivity index (χ4v) is 3.32. The molecule has 1 aliphatic carbocycles. The maximum Gasteiger partial charge on any atom is 0.189 e. The van der Waals surface area contributed by atoms with E-state index in [9.17, 15) is 0 Å². The van der Waals surface area contributed by atoms with E-state index in [1.165, 1.54) is 37.7 Å². The molecule has 2 rings (SSSR count). The number of nitrogens with zero attached hydrogens (tertiary/aromatic N) is 1. The Morgan fingerprint density at radius 1 is 1.47 bits per heavy atom. The molecule has 1 aromatic rings. The van der Waals surface area contributed by atoms with Gasteiger partial charge in [0.05, 0.1) is 10.3 Å². The molecule has 1 fully saturated rings. The molecule has 5 heteroatoms. The zero-order chi connectivity index (χ0) is 12.1. The molecule has 0 spiro atoms. The van der Waals surface area contributed by atoms with Gasteiger partial charge in [-0.15, -0.1) is 11.3 Å². The summed E-state index contributed by atoms with van der Waals surface area (Å²) in [5, 5.41) is 5.37. The number of thiophene rings is 1. The second-order valence-electron chi connectivity index (χ2n) is 4.40. The monoisotopic (exact) mass is 315 g/mol. The van der Waals surface area contributed by atoms with Gasteiger partial charge >= 0.3 is 0 Å². The van der Waals surface area contributed by atoms with Crippen LogP contribution in [0.15, 0.2) is 20.2 Å². The van der Waals surface area contributed by atoms with Crippen LogP contribution >= 0.6 is 27.3 Å². The molecule has 1 saturated carbocycles. The third kappa shape index (κ3) is 4.00. The Labute approximate surface area is 115 Å². The molecule has 3 N–H and O–H groups in total. The van der Waals surface area contributed by atoms with Gasteiger partial charge in [0.2, 0.25) is 0 Å². The first-order valence-electron chi connectivity index (χ1n) is 6.04. The van der Waals surface area contributed by atoms with Crippen LogP contribution in [0, 0.1) is 0 Å². The van der Waals surface area contributed by atoms with Gasteiger partial charge in [-0.1, -0.05) is 19.3 Å². The lowest BCUT2D eigenvalue weighted by molar-refractivity contribution is 0.412. The fourth-order valence-electron chi connectivity index (χ4n) is 2.10. The molecule has 1 aliphatic rings. The summed E-state index contributed by atoms with van der Waals surface area (Å²) in [5.74, 6) is 0.579. The normalized spacial score (nSPS) is 18.3. The smallest absolute Gasteiger partial charge is 0.189 e. The van der Waals surface area contributed by atoms with Crippen LogP contribution in [-0.2, 0) is 6.54 Å². The van der Waals surface area contributed by atoms with Crippen molar-refractivity contribution >= 4 is 33.2 Å². The summed E-state index contributed by atoms with van der Waals surface area (Å²) in [5.41, 5.74) is 7.10. The van der Waals surface area contributed by atoms with Crippen molar-refractivity contribution in [3.05, 3.63) is 20.8 Å². The molecule has 0 atom stereocenters. The van der Waals surface area contributed by atoms with Crippen LogP contribution < -0.4 is 11.1 Å². The maximum atomic E-state index is 5.90.